The summed E-state index contributed by atoms with van der Waals surface area (Å²) >= 11 is 0. The molecule has 0 aliphatic heterocycles. The van der Waals surface area contributed by atoms with Crippen LogP contribution in [-0.2, 0) is 13.1 Å². The topological polar surface area (TPSA) is 67.8 Å². The Kier molecular flexibility index (Phi) is 9.33. The minimum absolute atomic E-state index is 0. The van der Waals surface area contributed by atoms with Crippen LogP contribution in [-0.4, -0.2) is 31.2 Å². The van der Waals surface area contributed by atoms with Crippen LogP contribution in [0.25, 0.3) is 0 Å². The number of rotatable bonds is 9. The lowest BCUT2D eigenvalue weighted by molar-refractivity contribution is 0.288. The molecule has 0 amide bonds. The van der Waals surface area contributed by atoms with E-state index in [1.54, 1.807) is 7.05 Å². The summed E-state index contributed by atoms with van der Waals surface area (Å²) in [5, 5.41) is 6.62. The molecule has 0 spiro atoms. The van der Waals surface area contributed by atoms with E-state index in [-0.39, 0.29) is 24.0 Å². The van der Waals surface area contributed by atoms with Gasteiger partial charge in [0.25, 0.3) is 0 Å². The lowest BCUT2D eigenvalue weighted by Crippen LogP contribution is -2.36. The van der Waals surface area contributed by atoms with Crippen LogP contribution in [0.3, 0.4) is 0 Å². The van der Waals surface area contributed by atoms with Gasteiger partial charge in [0.15, 0.2) is 5.96 Å². The highest BCUT2D eigenvalue weighted by Gasteiger charge is 2.22. The Morgan fingerprint density at radius 2 is 1.89 bits per heavy atom. The first-order chi connectivity index (χ1) is 13.3. The lowest BCUT2D eigenvalue weighted by atomic mass is 10.2. The number of benzene rings is 1. The number of hydrogen-bond acceptors (Lipinski definition) is 4. The van der Waals surface area contributed by atoms with Gasteiger partial charge in [-0.15, -0.1) is 24.0 Å². The SMILES string of the molecule is CCOc1ccccc1CNC(=NC)NCc1ccc(OCC2CC2)nc1.I. The van der Waals surface area contributed by atoms with Crippen LogP contribution in [0.5, 0.6) is 11.6 Å². The van der Waals surface area contributed by atoms with Crippen LogP contribution in [0.1, 0.15) is 30.9 Å². The zero-order valence-electron chi connectivity index (χ0n) is 16.5. The maximum Gasteiger partial charge on any atom is 0.213 e. The van der Waals surface area contributed by atoms with Crippen molar-refractivity contribution in [3.8, 4) is 11.6 Å². The zero-order chi connectivity index (χ0) is 18.9. The fourth-order valence-corrected chi connectivity index (χ4v) is 2.62. The molecule has 1 aromatic heterocycles. The summed E-state index contributed by atoms with van der Waals surface area (Å²) in [6.07, 6.45) is 4.40. The Balaban J connectivity index is 0.00000280. The van der Waals surface area contributed by atoms with E-state index in [9.17, 15) is 0 Å². The number of ether oxygens (including phenoxy) is 2. The summed E-state index contributed by atoms with van der Waals surface area (Å²) in [6.45, 7) is 4.70. The molecule has 2 aromatic rings. The second kappa shape index (κ2) is 11.7. The number of guanidine groups is 1. The first-order valence-corrected chi connectivity index (χ1v) is 9.51. The quantitative estimate of drug-likeness (QED) is 0.315. The van der Waals surface area contributed by atoms with Gasteiger partial charge in [-0.1, -0.05) is 24.3 Å². The number of aliphatic imine (C=N–C) groups is 1. The van der Waals surface area contributed by atoms with Crippen LogP contribution < -0.4 is 20.1 Å². The van der Waals surface area contributed by atoms with Gasteiger partial charge in [-0.05, 0) is 37.3 Å². The summed E-state index contributed by atoms with van der Waals surface area (Å²) in [7, 11) is 1.76. The molecule has 0 saturated heterocycles. The van der Waals surface area contributed by atoms with Crippen LogP contribution in [0, 0.1) is 5.92 Å². The monoisotopic (exact) mass is 496 g/mol. The van der Waals surface area contributed by atoms with E-state index in [2.05, 4.69) is 26.7 Å². The number of aromatic nitrogens is 1. The summed E-state index contributed by atoms with van der Waals surface area (Å²) in [5.74, 6) is 3.06. The molecular weight excluding hydrogens is 467 g/mol. The third-order valence-corrected chi connectivity index (χ3v) is 4.36. The molecule has 1 fully saturated rings. The molecule has 2 N–H and O–H groups in total. The third-order valence-electron chi connectivity index (χ3n) is 4.36. The van der Waals surface area contributed by atoms with Crippen LogP contribution in [0.15, 0.2) is 47.6 Å². The average molecular weight is 496 g/mol. The zero-order valence-corrected chi connectivity index (χ0v) is 18.8. The van der Waals surface area contributed by atoms with Gasteiger partial charge in [-0.2, -0.15) is 0 Å². The molecule has 1 aromatic carbocycles. The Bertz CT molecular complexity index is 748. The normalized spacial score (nSPS) is 13.4. The van der Waals surface area contributed by atoms with Crippen molar-refractivity contribution >= 4 is 29.9 Å². The van der Waals surface area contributed by atoms with Crippen LogP contribution in [0.4, 0.5) is 0 Å². The summed E-state index contributed by atoms with van der Waals surface area (Å²) < 4.78 is 11.3. The Morgan fingerprint density at radius 3 is 2.57 bits per heavy atom. The fraction of sp³-hybridized carbons (Fsp3) is 0.429. The fourth-order valence-electron chi connectivity index (χ4n) is 2.62. The second-order valence-corrected chi connectivity index (χ2v) is 6.58. The molecule has 0 atom stereocenters. The third kappa shape index (κ3) is 7.18. The number of para-hydroxylation sites is 1. The Labute approximate surface area is 184 Å². The molecule has 0 radical (unpaired) electrons. The van der Waals surface area contributed by atoms with E-state index in [0.29, 0.717) is 25.6 Å². The Morgan fingerprint density at radius 1 is 1.11 bits per heavy atom. The van der Waals surface area contributed by atoms with Gasteiger partial charge in [0, 0.05) is 38.0 Å². The van der Waals surface area contributed by atoms with Gasteiger partial charge in [-0.3, -0.25) is 4.99 Å². The van der Waals surface area contributed by atoms with E-state index in [0.717, 1.165) is 35.4 Å². The molecule has 7 heteroatoms. The molecule has 1 heterocycles. The van der Waals surface area contributed by atoms with Crippen LogP contribution in [0.2, 0.25) is 0 Å². The van der Waals surface area contributed by atoms with E-state index >= 15 is 0 Å². The van der Waals surface area contributed by atoms with Crippen molar-refractivity contribution < 1.29 is 9.47 Å². The maximum absolute atomic E-state index is 5.67. The van der Waals surface area contributed by atoms with Gasteiger partial charge in [0.1, 0.15) is 5.75 Å². The lowest BCUT2D eigenvalue weighted by Gasteiger charge is -2.14. The summed E-state index contributed by atoms with van der Waals surface area (Å²) in [4.78, 5) is 8.64. The standard InChI is InChI=1S/C21H28N4O2.HI/c1-3-26-19-7-5-4-6-18(19)14-25-21(22-2)24-13-17-10-11-20(23-12-17)27-15-16-8-9-16;/h4-7,10-12,16H,3,8-9,13-15H2,1-2H3,(H2,22,24,25);1H. The van der Waals surface area contributed by atoms with Gasteiger partial charge in [0.2, 0.25) is 5.88 Å². The van der Waals surface area contributed by atoms with E-state index in [1.807, 2.05) is 43.5 Å². The van der Waals surface area contributed by atoms with Crippen molar-refractivity contribution in [2.24, 2.45) is 10.9 Å². The smallest absolute Gasteiger partial charge is 0.213 e. The first-order valence-electron chi connectivity index (χ1n) is 9.51. The number of nitrogens with one attached hydrogen (secondary N) is 2. The van der Waals surface area contributed by atoms with Gasteiger partial charge in [0.05, 0.1) is 13.2 Å². The molecule has 28 heavy (non-hydrogen) atoms. The van der Waals surface area contributed by atoms with Gasteiger partial charge in [-0.25, -0.2) is 4.98 Å². The van der Waals surface area contributed by atoms with Crippen molar-refractivity contribution in [2.75, 3.05) is 20.3 Å². The van der Waals surface area contributed by atoms with Crippen LogP contribution >= 0.6 is 24.0 Å². The highest BCUT2D eigenvalue weighted by molar-refractivity contribution is 14.0. The van der Waals surface area contributed by atoms with Crippen molar-refractivity contribution in [3.05, 3.63) is 53.7 Å². The number of halogens is 1. The number of pyridine rings is 1. The molecule has 1 saturated carbocycles. The molecule has 0 bridgehead atoms. The largest absolute Gasteiger partial charge is 0.494 e. The molecule has 0 unspecified atom stereocenters. The second-order valence-electron chi connectivity index (χ2n) is 6.58. The first kappa shape index (κ1) is 22.3. The minimum Gasteiger partial charge on any atom is -0.494 e. The highest BCUT2D eigenvalue weighted by Crippen LogP contribution is 2.29. The summed E-state index contributed by atoms with van der Waals surface area (Å²) in [6, 6.07) is 12.0. The van der Waals surface area contributed by atoms with Crippen molar-refractivity contribution in [2.45, 2.75) is 32.9 Å². The minimum atomic E-state index is 0. The average Bonchev–Trinajstić information content (AvgIpc) is 3.53. The molecule has 152 valence electrons. The molecule has 6 nitrogen and oxygen atoms in total. The molecule has 1 aliphatic rings. The molecule has 3 rings (SSSR count). The van der Waals surface area contributed by atoms with Crippen molar-refractivity contribution in [3.63, 3.8) is 0 Å². The highest BCUT2D eigenvalue weighted by atomic mass is 127. The number of hydrogen-bond donors (Lipinski definition) is 2. The molecule has 1 aliphatic carbocycles. The van der Waals surface area contributed by atoms with Crippen molar-refractivity contribution in [1.29, 1.82) is 0 Å². The van der Waals surface area contributed by atoms with E-state index < -0.39 is 0 Å². The number of nitrogens with zero attached hydrogens (tertiary/aromatic N) is 2. The van der Waals surface area contributed by atoms with Crippen molar-refractivity contribution in [1.82, 2.24) is 15.6 Å². The Hall–Kier alpha value is -2.03. The van der Waals surface area contributed by atoms with Gasteiger partial charge >= 0.3 is 0 Å². The predicted molar refractivity (Wildman–Crippen MR) is 123 cm³/mol. The van der Waals surface area contributed by atoms with E-state index in [1.165, 1.54) is 12.8 Å². The van der Waals surface area contributed by atoms with E-state index in [4.69, 9.17) is 9.47 Å². The molecular formula is C21H29IN4O2. The maximum atomic E-state index is 5.67. The summed E-state index contributed by atoms with van der Waals surface area (Å²) in [5.41, 5.74) is 2.17. The van der Waals surface area contributed by atoms with Gasteiger partial charge < -0.3 is 20.1 Å². The predicted octanol–water partition coefficient (Wildman–Crippen LogP) is 3.75.